The highest BCUT2D eigenvalue weighted by Gasteiger charge is 2.16. The van der Waals surface area contributed by atoms with Crippen LogP contribution in [0.15, 0.2) is 40.9 Å². The van der Waals surface area contributed by atoms with Crippen LogP contribution in [0.3, 0.4) is 0 Å². The lowest BCUT2D eigenvalue weighted by molar-refractivity contribution is 0.190. The van der Waals surface area contributed by atoms with E-state index in [9.17, 15) is 9.50 Å². The fourth-order valence-corrected chi connectivity index (χ4v) is 2.12. The molecule has 0 aliphatic rings. The van der Waals surface area contributed by atoms with E-state index in [1.165, 1.54) is 13.2 Å². The molecule has 0 fully saturated rings. The zero-order valence-electron chi connectivity index (χ0n) is 11.1. The highest BCUT2D eigenvalue weighted by atomic mass is 79.9. The molecule has 0 aliphatic heterocycles. The molecular weight excluding hydrogens is 327 g/mol. The van der Waals surface area contributed by atoms with E-state index >= 15 is 0 Å². The predicted octanol–water partition coefficient (Wildman–Crippen LogP) is 4.44. The number of ether oxygens (including phenoxy) is 2. The van der Waals surface area contributed by atoms with Crippen LogP contribution in [0, 0.1) is 5.82 Å². The van der Waals surface area contributed by atoms with Gasteiger partial charge in [0.25, 0.3) is 0 Å². The van der Waals surface area contributed by atoms with Crippen LogP contribution in [-0.2, 0) is 0 Å². The lowest BCUT2D eigenvalue weighted by Crippen LogP contribution is -2.00. The van der Waals surface area contributed by atoms with Crippen molar-refractivity contribution in [1.29, 1.82) is 0 Å². The summed E-state index contributed by atoms with van der Waals surface area (Å²) in [5, 5.41) is 9.85. The summed E-state index contributed by atoms with van der Waals surface area (Å²) in [5.41, 5.74) is 0.526. The third-order valence-electron chi connectivity index (χ3n) is 2.78. The number of halogens is 2. The van der Waals surface area contributed by atoms with Gasteiger partial charge in [-0.1, -0.05) is 6.07 Å². The zero-order chi connectivity index (χ0) is 14.7. The average molecular weight is 341 g/mol. The standard InChI is InChI=1S/C15H14BrFO3/c1-9(18)15-13(19-2)4-3-5-14(15)20-10-6-7-11(16)12(17)8-10/h3-9,18H,1-2H3/t9-/m1/s1. The molecule has 2 aromatic carbocycles. The molecule has 0 spiro atoms. The van der Waals surface area contributed by atoms with Crippen LogP contribution < -0.4 is 9.47 Å². The van der Waals surface area contributed by atoms with Gasteiger partial charge in [0.15, 0.2) is 0 Å². The Bertz CT molecular complexity index is 614. The van der Waals surface area contributed by atoms with Crippen molar-refractivity contribution < 1.29 is 19.0 Å². The van der Waals surface area contributed by atoms with Crippen LogP contribution in [0.5, 0.6) is 17.2 Å². The highest BCUT2D eigenvalue weighted by molar-refractivity contribution is 9.10. The smallest absolute Gasteiger partial charge is 0.141 e. The molecule has 5 heteroatoms. The van der Waals surface area contributed by atoms with Gasteiger partial charge < -0.3 is 14.6 Å². The number of rotatable bonds is 4. The first kappa shape index (κ1) is 14.8. The van der Waals surface area contributed by atoms with Crippen molar-refractivity contribution in [3.63, 3.8) is 0 Å². The number of benzene rings is 2. The molecule has 20 heavy (non-hydrogen) atoms. The van der Waals surface area contributed by atoms with Crippen LogP contribution in [0.25, 0.3) is 0 Å². The zero-order valence-corrected chi connectivity index (χ0v) is 12.6. The van der Waals surface area contributed by atoms with Crippen molar-refractivity contribution in [3.05, 3.63) is 52.3 Å². The summed E-state index contributed by atoms with van der Waals surface area (Å²) in [4.78, 5) is 0. The molecule has 2 rings (SSSR count). The first-order valence-corrected chi connectivity index (χ1v) is 6.80. The maximum Gasteiger partial charge on any atom is 0.141 e. The minimum absolute atomic E-state index is 0.348. The first-order valence-electron chi connectivity index (χ1n) is 6.00. The Labute approximate surface area is 125 Å². The van der Waals surface area contributed by atoms with Crippen molar-refractivity contribution >= 4 is 15.9 Å². The number of hydrogen-bond donors (Lipinski definition) is 1. The van der Waals surface area contributed by atoms with E-state index in [4.69, 9.17) is 9.47 Å². The van der Waals surface area contributed by atoms with Gasteiger partial charge in [0, 0.05) is 6.07 Å². The van der Waals surface area contributed by atoms with Crippen LogP contribution in [0.2, 0.25) is 0 Å². The van der Waals surface area contributed by atoms with E-state index in [1.807, 2.05) is 0 Å². The van der Waals surface area contributed by atoms with E-state index in [1.54, 1.807) is 37.3 Å². The molecule has 0 aromatic heterocycles. The molecule has 1 atom stereocenters. The minimum Gasteiger partial charge on any atom is -0.496 e. The average Bonchev–Trinajstić information content (AvgIpc) is 2.42. The molecule has 0 amide bonds. The second kappa shape index (κ2) is 6.24. The molecule has 0 radical (unpaired) electrons. The molecule has 0 saturated carbocycles. The maximum atomic E-state index is 13.5. The summed E-state index contributed by atoms with van der Waals surface area (Å²) in [6, 6.07) is 9.65. The number of aliphatic hydroxyl groups excluding tert-OH is 1. The van der Waals surface area contributed by atoms with Gasteiger partial charge in [-0.15, -0.1) is 0 Å². The predicted molar refractivity (Wildman–Crippen MR) is 77.8 cm³/mol. The van der Waals surface area contributed by atoms with Crippen molar-refractivity contribution in [3.8, 4) is 17.2 Å². The Morgan fingerprint density at radius 3 is 2.50 bits per heavy atom. The second-order valence-electron chi connectivity index (χ2n) is 4.23. The fraction of sp³-hybridized carbons (Fsp3) is 0.200. The number of methoxy groups -OCH3 is 1. The quantitative estimate of drug-likeness (QED) is 0.893. The van der Waals surface area contributed by atoms with Gasteiger partial charge in [-0.25, -0.2) is 4.39 Å². The highest BCUT2D eigenvalue weighted by Crippen LogP contribution is 2.36. The van der Waals surface area contributed by atoms with Crippen molar-refractivity contribution in [2.45, 2.75) is 13.0 Å². The monoisotopic (exact) mass is 340 g/mol. The summed E-state index contributed by atoms with van der Waals surface area (Å²) in [6.45, 7) is 1.62. The summed E-state index contributed by atoms with van der Waals surface area (Å²) in [7, 11) is 1.52. The Hall–Kier alpha value is -1.59. The number of aliphatic hydroxyl groups is 1. The normalized spacial score (nSPS) is 12.1. The van der Waals surface area contributed by atoms with Gasteiger partial charge in [-0.3, -0.25) is 0 Å². The van der Waals surface area contributed by atoms with Crippen LogP contribution in [0.4, 0.5) is 4.39 Å². The van der Waals surface area contributed by atoms with Crippen LogP contribution in [-0.4, -0.2) is 12.2 Å². The van der Waals surface area contributed by atoms with Crippen LogP contribution in [0.1, 0.15) is 18.6 Å². The fourth-order valence-electron chi connectivity index (χ4n) is 1.87. The Morgan fingerprint density at radius 2 is 1.90 bits per heavy atom. The van der Waals surface area contributed by atoms with Gasteiger partial charge >= 0.3 is 0 Å². The van der Waals surface area contributed by atoms with Crippen molar-refractivity contribution in [1.82, 2.24) is 0 Å². The Morgan fingerprint density at radius 1 is 1.20 bits per heavy atom. The van der Waals surface area contributed by atoms with Crippen LogP contribution >= 0.6 is 15.9 Å². The van der Waals surface area contributed by atoms with E-state index in [2.05, 4.69) is 15.9 Å². The summed E-state index contributed by atoms with van der Waals surface area (Å²) >= 11 is 3.08. The van der Waals surface area contributed by atoms with E-state index in [-0.39, 0.29) is 0 Å². The van der Waals surface area contributed by atoms with Gasteiger partial charge in [0.05, 0.1) is 23.2 Å². The SMILES string of the molecule is COc1cccc(Oc2ccc(Br)c(F)c2)c1[C@@H](C)O. The topological polar surface area (TPSA) is 38.7 Å². The summed E-state index contributed by atoms with van der Waals surface area (Å²) < 4.78 is 24.7. The molecule has 0 bridgehead atoms. The second-order valence-corrected chi connectivity index (χ2v) is 5.08. The largest absolute Gasteiger partial charge is 0.496 e. The molecule has 106 valence electrons. The van der Waals surface area contributed by atoms with Gasteiger partial charge in [0.2, 0.25) is 0 Å². The number of hydrogen-bond acceptors (Lipinski definition) is 3. The van der Waals surface area contributed by atoms with Crippen molar-refractivity contribution in [2.24, 2.45) is 0 Å². The van der Waals surface area contributed by atoms with E-state index in [0.717, 1.165) is 0 Å². The maximum absolute atomic E-state index is 13.5. The molecule has 0 heterocycles. The third-order valence-corrected chi connectivity index (χ3v) is 3.43. The minimum atomic E-state index is -0.763. The molecule has 2 aromatic rings. The van der Waals surface area contributed by atoms with Gasteiger partial charge in [0.1, 0.15) is 23.1 Å². The molecule has 0 saturated heterocycles. The van der Waals surface area contributed by atoms with E-state index in [0.29, 0.717) is 27.3 Å². The lowest BCUT2D eigenvalue weighted by Gasteiger charge is -2.16. The first-order chi connectivity index (χ1) is 9.52. The van der Waals surface area contributed by atoms with Crippen molar-refractivity contribution in [2.75, 3.05) is 7.11 Å². The lowest BCUT2D eigenvalue weighted by atomic mass is 10.1. The third kappa shape index (κ3) is 3.11. The molecule has 3 nitrogen and oxygen atoms in total. The van der Waals surface area contributed by atoms with E-state index < -0.39 is 11.9 Å². The molecule has 1 N–H and O–H groups in total. The Balaban J connectivity index is 2.40. The molecule has 0 aliphatic carbocycles. The molecule has 0 unspecified atom stereocenters. The van der Waals surface area contributed by atoms with Gasteiger partial charge in [-0.2, -0.15) is 0 Å². The molecular formula is C15H14BrFO3. The summed E-state index contributed by atoms with van der Waals surface area (Å²) in [6.07, 6.45) is -0.763. The summed E-state index contributed by atoms with van der Waals surface area (Å²) in [5.74, 6) is 0.890. The van der Waals surface area contributed by atoms with Gasteiger partial charge in [-0.05, 0) is 47.1 Å². The Kier molecular flexibility index (Phi) is 4.62.